The summed E-state index contributed by atoms with van der Waals surface area (Å²) in [6.07, 6.45) is -0.00372. The van der Waals surface area contributed by atoms with Crippen molar-refractivity contribution in [1.29, 1.82) is 0 Å². The topological polar surface area (TPSA) is 133 Å². The highest BCUT2D eigenvalue weighted by atomic mass is 32.1. The molecule has 3 N–H and O–H groups in total. The summed E-state index contributed by atoms with van der Waals surface area (Å²) in [5.74, 6) is -1.61. The first-order valence-corrected chi connectivity index (χ1v) is 13.9. The van der Waals surface area contributed by atoms with Crippen LogP contribution in [0.15, 0.2) is 55.0 Å². The number of fused-ring (bicyclic) bond motifs is 2. The quantitative estimate of drug-likeness (QED) is 0.244. The fourth-order valence-corrected chi connectivity index (χ4v) is 5.87. The lowest BCUT2D eigenvalue weighted by atomic mass is 10.00. The second kappa shape index (κ2) is 10.3. The molecule has 10 nitrogen and oxygen atoms in total. The number of nitrogens with one attached hydrogen (secondary N) is 1. The first-order chi connectivity index (χ1) is 20.5. The third-order valence-corrected chi connectivity index (χ3v) is 8.07. The van der Waals surface area contributed by atoms with Crippen molar-refractivity contribution in [1.82, 2.24) is 29.4 Å². The highest BCUT2D eigenvalue weighted by Gasteiger charge is 2.35. The van der Waals surface area contributed by atoms with Crippen LogP contribution in [0.3, 0.4) is 0 Å². The van der Waals surface area contributed by atoms with Crippen molar-refractivity contribution in [2.45, 2.75) is 33.5 Å². The number of nitrogens with zero attached hydrogens (tertiary/aromatic N) is 6. The Morgan fingerprint density at radius 1 is 1.09 bits per heavy atom. The SMILES string of the molecule is CCn1cc(-c2ccnc3c(C(=O)Nc4c(C(N)=O)sc5nc(C(F)(F)F)cc(-c6ccc(C)cc6)c45)cnn23)c(C)n1. The van der Waals surface area contributed by atoms with Crippen LogP contribution in [0.2, 0.25) is 0 Å². The number of thiophene rings is 1. The van der Waals surface area contributed by atoms with Crippen molar-refractivity contribution in [3.05, 3.63) is 82.4 Å². The number of rotatable bonds is 6. The predicted molar refractivity (Wildman–Crippen MR) is 156 cm³/mol. The van der Waals surface area contributed by atoms with Crippen LogP contribution in [0.1, 0.15) is 43.9 Å². The van der Waals surface area contributed by atoms with Gasteiger partial charge in [-0.25, -0.2) is 14.5 Å². The molecule has 0 radical (unpaired) electrons. The third-order valence-electron chi connectivity index (χ3n) is 6.97. The van der Waals surface area contributed by atoms with E-state index in [1.165, 1.54) is 10.7 Å². The monoisotopic (exact) mass is 604 g/mol. The van der Waals surface area contributed by atoms with Gasteiger partial charge in [0.05, 0.1) is 23.3 Å². The minimum Gasteiger partial charge on any atom is -0.365 e. The van der Waals surface area contributed by atoms with Crippen LogP contribution in [0.25, 0.3) is 38.2 Å². The molecule has 5 aromatic heterocycles. The summed E-state index contributed by atoms with van der Waals surface area (Å²) in [6, 6.07) is 9.49. The zero-order valence-electron chi connectivity index (χ0n) is 23.0. The molecular formula is C29H23F3N8O2S. The van der Waals surface area contributed by atoms with Crippen molar-refractivity contribution in [3.63, 3.8) is 0 Å². The molecule has 0 aliphatic carbocycles. The Kier molecular flexibility index (Phi) is 6.72. The van der Waals surface area contributed by atoms with Gasteiger partial charge in [0.2, 0.25) is 0 Å². The number of halogens is 3. The molecule has 0 spiro atoms. The minimum absolute atomic E-state index is 0.0372. The molecule has 14 heteroatoms. The summed E-state index contributed by atoms with van der Waals surface area (Å²) in [5.41, 5.74) is 8.49. The molecule has 1 aromatic carbocycles. The molecule has 5 heterocycles. The molecule has 0 saturated heterocycles. The average molecular weight is 605 g/mol. The molecule has 0 fully saturated rings. The molecule has 0 unspecified atom stereocenters. The number of carbonyl (C=O) groups is 2. The number of amides is 2. The number of pyridine rings is 1. The van der Waals surface area contributed by atoms with Crippen LogP contribution in [0.4, 0.5) is 18.9 Å². The molecule has 2 amide bonds. The fraction of sp³-hybridized carbons (Fsp3) is 0.172. The number of primary amides is 1. The summed E-state index contributed by atoms with van der Waals surface area (Å²) in [4.78, 5) is 34.1. The fourth-order valence-electron chi connectivity index (χ4n) is 4.86. The summed E-state index contributed by atoms with van der Waals surface area (Å²) in [6.45, 7) is 6.35. The maximum atomic E-state index is 13.8. The van der Waals surface area contributed by atoms with Crippen molar-refractivity contribution in [3.8, 4) is 22.4 Å². The van der Waals surface area contributed by atoms with Gasteiger partial charge in [-0.1, -0.05) is 29.8 Å². The van der Waals surface area contributed by atoms with Gasteiger partial charge in [0, 0.05) is 29.9 Å². The molecule has 6 rings (SSSR count). The molecule has 0 atom stereocenters. The number of benzene rings is 1. The van der Waals surface area contributed by atoms with E-state index in [1.807, 2.05) is 27.0 Å². The normalized spacial score (nSPS) is 11.9. The first kappa shape index (κ1) is 28.0. The number of aryl methyl sites for hydroxylation is 3. The van der Waals surface area contributed by atoms with Crippen molar-refractivity contribution >= 4 is 44.7 Å². The number of carbonyl (C=O) groups excluding carboxylic acids is 2. The molecule has 0 bridgehead atoms. The number of hydrogen-bond acceptors (Lipinski definition) is 7. The maximum Gasteiger partial charge on any atom is 0.433 e. The molecule has 0 aliphatic rings. The third kappa shape index (κ3) is 4.88. The van der Waals surface area contributed by atoms with E-state index in [0.717, 1.165) is 22.9 Å². The van der Waals surface area contributed by atoms with Gasteiger partial charge in [-0.3, -0.25) is 14.3 Å². The van der Waals surface area contributed by atoms with Crippen molar-refractivity contribution in [2.75, 3.05) is 5.32 Å². The largest absolute Gasteiger partial charge is 0.433 e. The smallest absolute Gasteiger partial charge is 0.365 e. The van der Waals surface area contributed by atoms with Gasteiger partial charge in [0.1, 0.15) is 21.0 Å². The average Bonchev–Trinajstić information content (AvgIpc) is 3.67. The Hall–Kier alpha value is -5.11. The number of nitrogens with two attached hydrogens (primary N) is 1. The van der Waals surface area contributed by atoms with E-state index in [-0.39, 0.29) is 37.6 Å². The van der Waals surface area contributed by atoms with Crippen LogP contribution in [-0.2, 0) is 12.7 Å². The van der Waals surface area contributed by atoms with Crippen LogP contribution >= 0.6 is 11.3 Å². The molecule has 0 aliphatic heterocycles. The van der Waals surface area contributed by atoms with Gasteiger partial charge in [0.25, 0.3) is 11.8 Å². The minimum atomic E-state index is -4.75. The molecule has 6 aromatic rings. The molecule has 0 saturated carbocycles. The number of aromatic nitrogens is 6. The zero-order valence-corrected chi connectivity index (χ0v) is 23.8. The van der Waals surface area contributed by atoms with Crippen LogP contribution < -0.4 is 11.1 Å². The van der Waals surface area contributed by atoms with Gasteiger partial charge in [-0.2, -0.15) is 23.4 Å². The number of hydrogen-bond donors (Lipinski definition) is 2. The highest BCUT2D eigenvalue weighted by molar-refractivity contribution is 7.21. The van der Waals surface area contributed by atoms with E-state index in [0.29, 0.717) is 29.1 Å². The summed E-state index contributed by atoms with van der Waals surface area (Å²) in [5, 5.41) is 11.7. The summed E-state index contributed by atoms with van der Waals surface area (Å²) < 4.78 is 44.8. The van der Waals surface area contributed by atoms with E-state index in [9.17, 15) is 22.8 Å². The highest BCUT2D eigenvalue weighted by Crippen LogP contribution is 2.44. The van der Waals surface area contributed by atoms with Crippen LogP contribution in [0, 0.1) is 13.8 Å². The maximum absolute atomic E-state index is 13.8. The lowest BCUT2D eigenvalue weighted by Crippen LogP contribution is -2.17. The molecule has 218 valence electrons. The standard InChI is InChI=1S/C29H23F3N8O2S/c1-4-39-13-19(15(3)38-39)20-9-10-34-26-18(12-35-40(20)26)27(42)37-23-22-17(16-7-5-14(2)6-8-16)11-21(29(30,31)32)36-28(22)43-24(23)25(33)41/h5-13H,4H2,1-3H3,(H2,33,41)(H,37,42). The summed E-state index contributed by atoms with van der Waals surface area (Å²) >= 11 is 0.677. The van der Waals surface area contributed by atoms with E-state index in [4.69, 9.17) is 5.73 Å². The van der Waals surface area contributed by atoms with Gasteiger partial charge in [0.15, 0.2) is 5.65 Å². The van der Waals surface area contributed by atoms with Gasteiger partial charge < -0.3 is 11.1 Å². The number of alkyl halides is 3. The second-order valence-corrected chi connectivity index (χ2v) is 10.8. The van der Waals surface area contributed by atoms with Crippen LogP contribution in [0.5, 0.6) is 0 Å². The van der Waals surface area contributed by atoms with E-state index >= 15 is 0 Å². The van der Waals surface area contributed by atoms with Gasteiger partial charge in [-0.05, 0) is 44.0 Å². The van der Waals surface area contributed by atoms with Crippen molar-refractivity contribution in [2.24, 2.45) is 5.73 Å². The zero-order chi connectivity index (χ0) is 30.6. The van der Waals surface area contributed by atoms with E-state index in [2.05, 4.69) is 25.5 Å². The Morgan fingerprint density at radius 3 is 2.49 bits per heavy atom. The lowest BCUT2D eigenvalue weighted by molar-refractivity contribution is -0.140. The molecular weight excluding hydrogens is 581 g/mol. The Balaban J connectivity index is 1.50. The Bertz CT molecular complexity index is 2060. The van der Waals surface area contributed by atoms with E-state index in [1.54, 1.807) is 41.2 Å². The lowest BCUT2D eigenvalue weighted by Gasteiger charge is -2.12. The predicted octanol–water partition coefficient (Wildman–Crippen LogP) is 5.88. The summed E-state index contributed by atoms with van der Waals surface area (Å²) in [7, 11) is 0. The van der Waals surface area contributed by atoms with Crippen LogP contribution in [-0.4, -0.2) is 41.2 Å². The van der Waals surface area contributed by atoms with Crippen molar-refractivity contribution < 1.29 is 22.8 Å². The molecule has 43 heavy (non-hydrogen) atoms. The van der Waals surface area contributed by atoms with Gasteiger partial charge >= 0.3 is 6.18 Å². The first-order valence-electron chi connectivity index (χ1n) is 13.1. The van der Waals surface area contributed by atoms with E-state index < -0.39 is 23.7 Å². The Labute approximate surface area is 246 Å². The van der Waals surface area contributed by atoms with Gasteiger partial charge in [-0.15, -0.1) is 11.3 Å². The second-order valence-electron chi connectivity index (χ2n) is 9.83. The number of anilines is 1. The Morgan fingerprint density at radius 2 is 1.84 bits per heavy atom.